The van der Waals surface area contributed by atoms with Crippen LogP contribution in [0, 0.1) is 0 Å². The molecule has 0 saturated carbocycles. The van der Waals surface area contributed by atoms with Crippen LogP contribution in [0.1, 0.15) is 11.1 Å². The zero-order valence-electron chi connectivity index (χ0n) is 7.34. The van der Waals surface area contributed by atoms with Gasteiger partial charge in [-0.25, -0.2) is 8.42 Å². The third-order valence-corrected chi connectivity index (χ3v) is 2.31. The van der Waals surface area contributed by atoms with Gasteiger partial charge in [-0.3, -0.25) is 4.79 Å². The van der Waals surface area contributed by atoms with Crippen LogP contribution >= 0.6 is 0 Å². The van der Waals surface area contributed by atoms with E-state index in [9.17, 15) is 13.2 Å². The summed E-state index contributed by atoms with van der Waals surface area (Å²) in [6.45, 7) is 0. The normalized spacial score (nSPS) is 10.4. The Balaban J connectivity index is 2.73. The summed E-state index contributed by atoms with van der Waals surface area (Å²) in [6.07, 6.45) is -0.0379. The van der Waals surface area contributed by atoms with Gasteiger partial charge in [0.25, 0.3) is 0 Å². The standard InChI is InChI=1S/C9H10O4S/c10-9(11)5-7-1-3-8(4-2-7)6-14(12)13/h1-4,14H,5-6H2,(H,10,11). The minimum atomic E-state index is -2.42. The number of rotatable bonds is 4. The van der Waals surface area contributed by atoms with E-state index in [-0.39, 0.29) is 12.2 Å². The molecule has 0 atom stereocenters. The third-order valence-electron chi connectivity index (χ3n) is 1.69. The van der Waals surface area contributed by atoms with Gasteiger partial charge in [0.1, 0.15) is 10.7 Å². The predicted octanol–water partition coefficient (Wildman–Crippen LogP) is 0.425. The first-order valence-corrected chi connectivity index (χ1v) is 5.35. The molecule has 0 bridgehead atoms. The van der Waals surface area contributed by atoms with Gasteiger partial charge >= 0.3 is 5.97 Å². The topological polar surface area (TPSA) is 71.4 Å². The molecule has 1 aromatic rings. The van der Waals surface area contributed by atoms with Crippen molar-refractivity contribution >= 4 is 16.7 Å². The van der Waals surface area contributed by atoms with Crippen LogP contribution in [0.4, 0.5) is 0 Å². The van der Waals surface area contributed by atoms with E-state index in [1.165, 1.54) is 0 Å². The minimum Gasteiger partial charge on any atom is -0.481 e. The molecule has 0 aliphatic rings. The zero-order valence-corrected chi connectivity index (χ0v) is 8.24. The van der Waals surface area contributed by atoms with Gasteiger partial charge < -0.3 is 5.11 Å². The Morgan fingerprint density at radius 1 is 1.14 bits per heavy atom. The van der Waals surface area contributed by atoms with E-state index >= 15 is 0 Å². The zero-order chi connectivity index (χ0) is 10.6. The third kappa shape index (κ3) is 3.57. The van der Waals surface area contributed by atoms with E-state index in [4.69, 9.17) is 5.11 Å². The molecule has 0 saturated heterocycles. The molecule has 1 N–H and O–H groups in total. The van der Waals surface area contributed by atoms with Gasteiger partial charge in [0, 0.05) is 0 Å². The number of aliphatic carboxylic acids is 1. The summed E-state index contributed by atoms with van der Waals surface area (Å²) in [5.74, 6) is -0.893. The maximum absolute atomic E-state index is 10.4. The van der Waals surface area contributed by atoms with Crippen LogP contribution in [0.2, 0.25) is 0 Å². The van der Waals surface area contributed by atoms with E-state index in [1.54, 1.807) is 24.3 Å². The van der Waals surface area contributed by atoms with Crippen LogP contribution in [-0.2, 0) is 27.7 Å². The molecule has 14 heavy (non-hydrogen) atoms. The quantitative estimate of drug-likeness (QED) is 0.713. The molecule has 0 unspecified atom stereocenters. The fourth-order valence-electron chi connectivity index (χ4n) is 1.09. The summed E-state index contributed by atoms with van der Waals surface area (Å²) in [7, 11) is -2.42. The smallest absolute Gasteiger partial charge is 0.307 e. The molecule has 0 radical (unpaired) electrons. The van der Waals surface area contributed by atoms with Crippen molar-refractivity contribution in [3.63, 3.8) is 0 Å². The van der Waals surface area contributed by atoms with Crippen molar-refractivity contribution in [3.8, 4) is 0 Å². The lowest BCUT2D eigenvalue weighted by molar-refractivity contribution is -0.136. The van der Waals surface area contributed by atoms with Crippen molar-refractivity contribution in [2.45, 2.75) is 12.2 Å². The summed E-state index contributed by atoms with van der Waals surface area (Å²) < 4.78 is 20.7. The lowest BCUT2D eigenvalue weighted by Gasteiger charge is -1.98. The van der Waals surface area contributed by atoms with Crippen molar-refractivity contribution in [1.82, 2.24) is 0 Å². The second-order valence-electron chi connectivity index (χ2n) is 2.88. The number of carbonyl (C=O) groups is 1. The molecule has 4 nitrogen and oxygen atoms in total. The molecule has 76 valence electrons. The molecule has 0 aliphatic carbocycles. The number of benzene rings is 1. The second kappa shape index (κ2) is 4.76. The lowest BCUT2D eigenvalue weighted by Crippen LogP contribution is -1.99. The average Bonchev–Trinajstić information content (AvgIpc) is 2.06. The number of thiol groups is 1. The summed E-state index contributed by atoms with van der Waals surface area (Å²) >= 11 is 0. The van der Waals surface area contributed by atoms with E-state index in [1.807, 2.05) is 0 Å². The summed E-state index contributed by atoms with van der Waals surface area (Å²) in [5, 5.41) is 8.48. The summed E-state index contributed by atoms with van der Waals surface area (Å²) in [4.78, 5) is 10.3. The van der Waals surface area contributed by atoms with Gasteiger partial charge in [-0.05, 0) is 11.1 Å². The van der Waals surface area contributed by atoms with Gasteiger partial charge in [-0.15, -0.1) is 0 Å². The molecule has 0 aromatic heterocycles. The van der Waals surface area contributed by atoms with Crippen molar-refractivity contribution in [1.29, 1.82) is 0 Å². The van der Waals surface area contributed by atoms with Crippen molar-refractivity contribution in [2.75, 3.05) is 0 Å². The van der Waals surface area contributed by atoms with Gasteiger partial charge in [0.15, 0.2) is 0 Å². The fourth-order valence-corrected chi connectivity index (χ4v) is 1.60. The van der Waals surface area contributed by atoms with E-state index in [0.717, 1.165) is 0 Å². The number of carboxylic acid groups (broad SMARTS) is 1. The van der Waals surface area contributed by atoms with E-state index in [2.05, 4.69) is 0 Å². The first-order valence-electron chi connectivity index (χ1n) is 3.99. The molecule has 0 aliphatic heterocycles. The van der Waals surface area contributed by atoms with Crippen molar-refractivity contribution in [2.24, 2.45) is 0 Å². The van der Waals surface area contributed by atoms with Crippen molar-refractivity contribution < 1.29 is 18.3 Å². The van der Waals surface area contributed by atoms with Gasteiger partial charge in [-0.1, -0.05) is 24.3 Å². The average molecular weight is 214 g/mol. The maximum atomic E-state index is 10.4. The van der Waals surface area contributed by atoms with Crippen molar-refractivity contribution in [3.05, 3.63) is 35.4 Å². The highest BCUT2D eigenvalue weighted by molar-refractivity contribution is 7.71. The Morgan fingerprint density at radius 3 is 2.07 bits per heavy atom. The SMILES string of the molecule is O=C(O)Cc1ccc(C[SH](=O)=O)cc1. The molecule has 1 rings (SSSR count). The predicted molar refractivity (Wildman–Crippen MR) is 51.8 cm³/mol. The largest absolute Gasteiger partial charge is 0.481 e. The van der Waals surface area contributed by atoms with Crippen LogP contribution in [0.25, 0.3) is 0 Å². The maximum Gasteiger partial charge on any atom is 0.307 e. The van der Waals surface area contributed by atoms with Gasteiger partial charge in [0.2, 0.25) is 0 Å². The summed E-state index contributed by atoms with van der Waals surface area (Å²) in [5.41, 5.74) is 1.35. The molecular weight excluding hydrogens is 204 g/mol. The minimum absolute atomic E-state index is 0.00266. The molecule has 0 spiro atoms. The van der Waals surface area contributed by atoms with Crippen LogP contribution in [0.3, 0.4) is 0 Å². The highest BCUT2D eigenvalue weighted by Gasteiger charge is 2.00. The van der Waals surface area contributed by atoms with Crippen LogP contribution in [0.5, 0.6) is 0 Å². The highest BCUT2D eigenvalue weighted by Crippen LogP contribution is 2.06. The van der Waals surface area contributed by atoms with Crippen LogP contribution in [-0.4, -0.2) is 19.5 Å². The molecule has 5 heteroatoms. The first-order chi connectivity index (χ1) is 6.58. The molecule has 1 aromatic carbocycles. The Bertz CT molecular complexity index is 384. The monoisotopic (exact) mass is 214 g/mol. The molecule has 0 amide bonds. The molecule has 0 heterocycles. The van der Waals surface area contributed by atoms with Gasteiger partial charge in [0.05, 0.1) is 12.2 Å². The lowest BCUT2D eigenvalue weighted by atomic mass is 10.1. The number of hydrogen-bond acceptors (Lipinski definition) is 3. The molecular formula is C9H10O4S. The molecule has 0 fully saturated rings. The van der Waals surface area contributed by atoms with E-state index < -0.39 is 16.7 Å². The highest BCUT2D eigenvalue weighted by atomic mass is 32.2. The number of carboxylic acids is 1. The Labute approximate surface area is 83.1 Å². The Kier molecular flexibility index (Phi) is 3.64. The summed E-state index contributed by atoms with van der Waals surface area (Å²) in [6, 6.07) is 6.51. The van der Waals surface area contributed by atoms with Crippen LogP contribution < -0.4 is 0 Å². The Hall–Kier alpha value is -1.36. The first kappa shape index (κ1) is 10.7. The fraction of sp³-hybridized carbons (Fsp3) is 0.222. The van der Waals surface area contributed by atoms with Gasteiger partial charge in [-0.2, -0.15) is 0 Å². The van der Waals surface area contributed by atoms with E-state index in [0.29, 0.717) is 11.1 Å². The van der Waals surface area contributed by atoms with Crippen LogP contribution in [0.15, 0.2) is 24.3 Å². The Morgan fingerprint density at radius 2 is 1.64 bits per heavy atom. The second-order valence-corrected chi connectivity index (χ2v) is 3.86. The number of hydrogen-bond donors (Lipinski definition) is 2.